The monoisotopic (exact) mass is 263 g/mol. The molecule has 2 bridgehead atoms. The van der Waals surface area contributed by atoms with Gasteiger partial charge in [0.25, 0.3) is 0 Å². The third kappa shape index (κ3) is 2.64. The molecule has 2 aliphatic rings. The minimum absolute atomic E-state index is 0.0304. The number of anilines is 1. The molecule has 1 aliphatic heterocycles. The fourth-order valence-corrected chi connectivity index (χ4v) is 3.38. The molecule has 0 spiro atoms. The van der Waals surface area contributed by atoms with Crippen LogP contribution in [0.5, 0.6) is 0 Å². The first-order valence-corrected chi connectivity index (χ1v) is 6.88. The number of carbonyl (C=O) groups is 1. The first-order chi connectivity index (χ1) is 9.11. The maximum Gasteiger partial charge on any atom is 0.238 e. The molecule has 0 aromatic carbocycles. The third-order valence-corrected chi connectivity index (χ3v) is 4.34. The number of nitrogens with one attached hydrogen (secondary N) is 1. The summed E-state index contributed by atoms with van der Waals surface area (Å²) >= 11 is 0. The van der Waals surface area contributed by atoms with Gasteiger partial charge in [-0.15, -0.1) is 0 Å². The molecule has 6 heteroatoms. The van der Waals surface area contributed by atoms with Crippen molar-refractivity contribution in [1.29, 1.82) is 0 Å². The van der Waals surface area contributed by atoms with Crippen LogP contribution in [0.2, 0.25) is 0 Å². The quantitative estimate of drug-likeness (QED) is 0.806. The Bertz CT molecular complexity index is 457. The third-order valence-electron chi connectivity index (χ3n) is 4.34. The average Bonchev–Trinajstić information content (AvgIpc) is 2.82. The summed E-state index contributed by atoms with van der Waals surface area (Å²) < 4.78 is 1.68. The first-order valence-electron chi connectivity index (χ1n) is 6.88. The summed E-state index contributed by atoms with van der Waals surface area (Å²) in [6.45, 7) is 2.37. The maximum absolute atomic E-state index is 12.0. The summed E-state index contributed by atoms with van der Waals surface area (Å²) in [4.78, 5) is 14.2. The first kappa shape index (κ1) is 12.6. The van der Waals surface area contributed by atoms with Crippen molar-refractivity contribution in [3.05, 3.63) is 12.4 Å². The van der Waals surface area contributed by atoms with Crippen LogP contribution in [-0.4, -0.2) is 46.3 Å². The molecule has 1 amide bonds. The van der Waals surface area contributed by atoms with Crippen molar-refractivity contribution >= 4 is 11.6 Å². The highest BCUT2D eigenvalue weighted by Crippen LogP contribution is 2.35. The molecule has 1 unspecified atom stereocenters. The Balaban J connectivity index is 1.53. The highest BCUT2D eigenvalue weighted by molar-refractivity contribution is 5.91. The second-order valence-electron chi connectivity index (χ2n) is 5.82. The van der Waals surface area contributed by atoms with Crippen LogP contribution in [0.25, 0.3) is 0 Å². The number of fused-ring (bicyclic) bond motifs is 2. The van der Waals surface area contributed by atoms with E-state index in [1.54, 1.807) is 17.1 Å². The Morgan fingerprint density at radius 1 is 1.47 bits per heavy atom. The van der Waals surface area contributed by atoms with Gasteiger partial charge in [0.05, 0.1) is 18.4 Å². The number of nitrogens with zero attached hydrogens (tertiary/aromatic N) is 3. The van der Waals surface area contributed by atoms with E-state index in [2.05, 4.69) is 15.3 Å². The summed E-state index contributed by atoms with van der Waals surface area (Å²) in [5.74, 6) is 1.18. The van der Waals surface area contributed by atoms with Crippen LogP contribution < -0.4 is 11.1 Å². The van der Waals surface area contributed by atoms with Gasteiger partial charge in [0.2, 0.25) is 5.91 Å². The van der Waals surface area contributed by atoms with Gasteiger partial charge in [-0.1, -0.05) is 0 Å². The number of aryl methyl sites for hydroxylation is 1. The molecule has 3 N–H and O–H groups in total. The Morgan fingerprint density at radius 2 is 2.16 bits per heavy atom. The Labute approximate surface area is 112 Å². The summed E-state index contributed by atoms with van der Waals surface area (Å²) in [5, 5.41) is 6.91. The second-order valence-corrected chi connectivity index (χ2v) is 5.82. The van der Waals surface area contributed by atoms with Gasteiger partial charge in [-0.2, -0.15) is 5.10 Å². The van der Waals surface area contributed by atoms with Gasteiger partial charge in [0, 0.05) is 32.4 Å². The lowest BCUT2D eigenvalue weighted by molar-refractivity contribution is -0.117. The summed E-state index contributed by atoms with van der Waals surface area (Å²) in [6, 6.07) is 0.345. The largest absolute Gasteiger partial charge is 0.327 e. The molecular weight excluding hydrogens is 242 g/mol. The van der Waals surface area contributed by atoms with E-state index in [-0.39, 0.29) is 5.91 Å². The fraction of sp³-hybridized carbons (Fsp3) is 0.692. The van der Waals surface area contributed by atoms with Gasteiger partial charge < -0.3 is 11.1 Å². The zero-order valence-corrected chi connectivity index (χ0v) is 11.2. The summed E-state index contributed by atoms with van der Waals surface area (Å²) in [6.07, 6.45) is 5.89. The topological polar surface area (TPSA) is 76.2 Å². The molecular formula is C13H21N5O. The lowest BCUT2D eigenvalue weighted by Gasteiger charge is -2.35. The van der Waals surface area contributed by atoms with E-state index in [1.165, 1.54) is 12.8 Å². The van der Waals surface area contributed by atoms with Gasteiger partial charge in [0.15, 0.2) is 0 Å². The molecule has 6 nitrogen and oxygen atoms in total. The molecule has 1 aliphatic carbocycles. The number of nitrogens with two attached hydrogens (primary N) is 1. The lowest BCUT2D eigenvalue weighted by atomic mass is 9.93. The number of likely N-dealkylation sites (tertiary alicyclic amines) is 1. The van der Waals surface area contributed by atoms with Crippen LogP contribution in [-0.2, 0) is 11.8 Å². The number of carbonyl (C=O) groups excluding carboxylic acids is 1. The van der Waals surface area contributed by atoms with E-state index in [9.17, 15) is 4.79 Å². The standard InChI is InChI=1S/C13H21N5O/c1-17-7-11(4-15-17)16-12(19)8-18-5-9-2-3-10(6-18)13(9)14/h4,7,9-10,13H,2-3,5-6,8,14H2,1H3,(H,16,19)/t9-,10+,13?. The lowest BCUT2D eigenvalue weighted by Crippen LogP contribution is -2.50. The van der Waals surface area contributed by atoms with E-state index < -0.39 is 0 Å². The van der Waals surface area contributed by atoms with Gasteiger partial charge in [-0.05, 0) is 24.7 Å². The van der Waals surface area contributed by atoms with Crippen molar-refractivity contribution in [2.24, 2.45) is 24.6 Å². The van der Waals surface area contributed by atoms with Gasteiger partial charge in [0.1, 0.15) is 0 Å². The van der Waals surface area contributed by atoms with E-state index in [0.717, 1.165) is 18.8 Å². The predicted molar refractivity (Wildman–Crippen MR) is 72.5 cm³/mol. The molecule has 2 fully saturated rings. The molecule has 2 heterocycles. The number of hydrogen-bond acceptors (Lipinski definition) is 4. The van der Waals surface area contributed by atoms with Crippen molar-refractivity contribution in [3.63, 3.8) is 0 Å². The Kier molecular flexibility index (Phi) is 3.28. The van der Waals surface area contributed by atoms with E-state index in [4.69, 9.17) is 5.73 Å². The smallest absolute Gasteiger partial charge is 0.238 e. The van der Waals surface area contributed by atoms with Crippen LogP contribution in [0.3, 0.4) is 0 Å². The zero-order valence-electron chi connectivity index (χ0n) is 11.2. The van der Waals surface area contributed by atoms with Crippen LogP contribution >= 0.6 is 0 Å². The minimum atomic E-state index is 0.0304. The average molecular weight is 263 g/mol. The highest BCUT2D eigenvalue weighted by atomic mass is 16.2. The van der Waals surface area contributed by atoms with Crippen molar-refractivity contribution < 1.29 is 4.79 Å². The normalized spacial score (nSPS) is 30.5. The second kappa shape index (κ2) is 4.94. The van der Waals surface area contributed by atoms with Crippen molar-refractivity contribution in [3.8, 4) is 0 Å². The Morgan fingerprint density at radius 3 is 2.74 bits per heavy atom. The zero-order chi connectivity index (χ0) is 13.4. The molecule has 1 saturated heterocycles. The van der Waals surface area contributed by atoms with Crippen molar-refractivity contribution in [2.75, 3.05) is 25.0 Å². The number of piperidine rings is 1. The van der Waals surface area contributed by atoms with E-state index >= 15 is 0 Å². The van der Waals surface area contributed by atoms with E-state index in [1.807, 2.05) is 7.05 Å². The number of amides is 1. The number of rotatable bonds is 3. The van der Waals surface area contributed by atoms with Gasteiger partial charge in [-0.25, -0.2) is 0 Å². The molecule has 104 valence electrons. The van der Waals surface area contributed by atoms with Crippen molar-refractivity contribution in [1.82, 2.24) is 14.7 Å². The SMILES string of the molecule is Cn1cc(NC(=O)CN2C[C@H]3CC[C@@H](C2)C3N)cn1. The number of hydrogen-bond donors (Lipinski definition) is 2. The molecule has 3 atom stereocenters. The minimum Gasteiger partial charge on any atom is -0.327 e. The molecule has 1 aromatic rings. The summed E-state index contributed by atoms with van der Waals surface area (Å²) in [5.41, 5.74) is 6.92. The van der Waals surface area contributed by atoms with Gasteiger partial charge in [-0.3, -0.25) is 14.4 Å². The van der Waals surface area contributed by atoms with Gasteiger partial charge >= 0.3 is 0 Å². The fourth-order valence-electron chi connectivity index (χ4n) is 3.38. The van der Waals surface area contributed by atoms with E-state index in [0.29, 0.717) is 24.4 Å². The maximum atomic E-state index is 12.0. The predicted octanol–water partition coefficient (Wildman–Crippen LogP) is 0.0277. The van der Waals surface area contributed by atoms with Crippen LogP contribution in [0.4, 0.5) is 5.69 Å². The molecule has 19 heavy (non-hydrogen) atoms. The van der Waals surface area contributed by atoms with Crippen LogP contribution in [0.15, 0.2) is 12.4 Å². The number of aromatic nitrogens is 2. The van der Waals surface area contributed by atoms with Crippen LogP contribution in [0, 0.1) is 11.8 Å². The highest BCUT2D eigenvalue weighted by Gasteiger charge is 2.39. The van der Waals surface area contributed by atoms with Crippen LogP contribution in [0.1, 0.15) is 12.8 Å². The summed E-state index contributed by atoms with van der Waals surface area (Å²) in [7, 11) is 1.83. The molecule has 1 saturated carbocycles. The van der Waals surface area contributed by atoms with Crippen molar-refractivity contribution in [2.45, 2.75) is 18.9 Å². The molecule has 0 radical (unpaired) electrons. The molecule has 3 rings (SSSR count). The molecule has 1 aromatic heterocycles. The Hall–Kier alpha value is -1.40.